The number of unbranched alkanes of at least 4 members (excludes halogenated alkanes) is 10. The molecule has 0 aliphatic heterocycles. The molecule has 314 valence electrons. The molecular formula is C44H74NO9P. The highest BCUT2D eigenvalue weighted by molar-refractivity contribution is 7.47. The van der Waals surface area contributed by atoms with Gasteiger partial charge in [-0.3, -0.25) is 18.6 Å². The molecule has 0 amide bonds. The number of ether oxygens (including phenoxy) is 2. The van der Waals surface area contributed by atoms with Crippen LogP contribution in [0.1, 0.15) is 142 Å². The first-order valence-electron chi connectivity index (χ1n) is 20.6. The molecule has 0 fully saturated rings. The van der Waals surface area contributed by atoms with Crippen molar-refractivity contribution in [2.24, 2.45) is 5.73 Å². The number of carboxylic acids is 1. The number of carboxylic acid groups (broad SMARTS) is 1. The normalized spacial score (nSPS) is 14.8. The van der Waals surface area contributed by atoms with E-state index in [0.29, 0.717) is 13.0 Å². The Hall–Kier alpha value is -2.85. The molecule has 10 nitrogen and oxygen atoms in total. The van der Waals surface area contributed by atoms with E-state index in [1.807, 2.05) is 0 Å². The fourth-order valence-electron chi connectivity index (χ4n) is 4.96. The first kappa shape index (κ1) is 52.2. The van der Waals surface area contributed by atoms with E-state index >= 15 is 0 Å². The predicted octanol–water partition coefficient (Wildman–Crippen LogP) is 11.2. The van der Waals surface area contributed by atoms with Crippen molar-refractivity contribution in [2.45, 2.75) is 154 Å². The molecule has 0 heterocycles. The van der Waals surface area contributed by atoms with Crippen LogP contribution in [0.3, 0.4) is 0 Å². The highest BCUT2D eigenvalue weighted by atomic mass is 31.2. The average Bonchev–Trinajstić information content (AvgIpc) is 3.16. The summed E-state index contributed by atoms with van der Waals surface area (Å²) in [5, 5.41) is 8.88. The van der Waals surface area contributed by atoms with Gasteiger partial charge in [-0.1, -0.05) is 137 Å². The number of nitrogens with two attached hydrogens (primary N) is 1. The number of rotatable bonds is 38. The predicted molar refractivity (Wildman–Crippen MR) is 226 cm³/mol. The van der Waals surface area contributed by atoms with Gasteiger partial charge < -0.3 is 25.2 Å². The van der Waals surface area contributed by atoms with E-state index in [4.69, 9.17) is 29.4 Å². The average molecular weight is 792 g/mol. The summed E-state index contributed by atoms with van der Waals surface area (Å²) in [5.74, 6) is -1.81. The number of allylic oxidation sites excluding steroid dienone is 14. The summed E-state index contributed by atoms with van der Waals surface area (Å²) in [6.45, 7) is 3.59. The summed E-state index contributed by atoms with van der Waals surface area (Å²) >= 11 is 0. The van der Waals surface area contributed by atoms with Gasteiger partial charge >= 0.3 is 19.8 Å². The van der Waals surface area contributed by atoms with E-state index in [0.717, 1.165) is 109 Å². The number of hydrogen-bond acceptors (Lipinski definition) is 8. The van der Waals surface area contributed by atoms with Crippen LogP contribution in [0.25, 0.3) is 0 Å². The smallest absolute Gasteiger partial charge is 0.472 e. The molecule has 3 unspecified atom stereocenters. The minimum atomic E-state index is -4.63. The molecule has 0 bridgehead atoms. The zero-order chi connectivity index (χ0) is 40.5. The Labute approximate surface area is 333 Å². The molecule has 11 heteroatoms. The third-order valence-electron chi connectivity index (χ3n) is 8.14. The van der Waals surface area contributed by atoms with Crippen LogP contribution in [0, 0.1) is 0 Å². The largest absolute Gasteiger partial charge is 0.480 e. The van der Waals surface area contributed by atoms with E-state index in [2.05, 4.69) is 98.9 Å². The van der Waals surface area contributed by atoms with Crippen molar-refractivity contribution >= 4 is 19.8 Å². The van der Waals surface area contributed by atoms with Gasteiger partial charge in [-0.15, -0.1) is 0 Å². The van der Waals surface area contributed by atoms with E-state index in [1.54, 1.807) is 0 Å². The van der Waals surface area contributed by atoms with Gasteiger partial charge in [0.25, 0.3) is 0 Å². The van der Waals surface area contributed by atoms with E-state index in [-0.39, 0.29) is 13.0 Å². The van der Waals surface area contributed by atoms with Gasteiger partial charge in [0.2, 0.25) is 0 Å². The topological polar surface area (TPSA) is 155 Å². The molecule has 0 aliphatic rings. The minimum Gasteiger partial charge on any atom is -0.480 e. The Kier molecular flexibility index (Phi) is 37.3. The molecule has 0 aromatic carbocycles. The van der Waals surface area contributed by atoms with Crippen molar-refractivity contribution in [1.29, 1.82) is 0 Å². The second kappa shape index (κ2) is 39.4. The van der Waals surface area contributed by atoms with Gasteiger partial charge in [0.15, 0.2) is 0 Å². The first-order valence-corrected chi connectivity index (χ1v) is 22.1. The van der Waals surface area contributed by atoms with E-state index in [1.165, 1.54) is 6.42 Å². The lowest BCUT2D eigenvalue weighted by molar-refractivity contribution is -0.154. The molecule has 0 aliphatic carbocycles. The number of phosphoric ester groups is 1. The number of carbonyl (C=O) groups excluding carboxylic acids is 1. The van der Waals surface area contributed by atoms with Gasteiger partial charge in [-0.05, 0) is 83.5 Å². The zero-order valence-electron chi connectivity index (χ0n) is 34.0. The van der Waals surface area contributed by atoms with E-state index < -0.39 is 45.1 Å². The summed E-state index contributed by atoms with van der Waals surface area (Å²) in [6, 6.07) is -1.48. The van der Waals surface area contributed by atoms with Crippen molar-refractivity contribution in [1.82, 2.24) is 0 Å². The fraction of sp³-hybridized carbons (Fsp3) is 0.636. The van der Waals surface area contributed by atoms with Crippen molar-refractivity contribution in [3.63, 3.8) is 0 Å². The van der Waals surface area contributed by atoms with Gasteiger partial charge in [0, 0.05) is 13.0 Å². The van der Waals surface area contributed by atoms with Crippen molar-refractivity contribution < 1.29 is 42.7 Å². The maximum atomic E-state index is 12.6. The van der Waals surface area contributed by atoms with E-state index in [9.17, 15) is 19.0 Å². The van der Waals surface area contributed by atoms with Crippen molar-refractivity contribution in [3.05, 3.63) is 85.1 Å². The Morgan fingerprint density at radius 2 is 1.05 bits per heavy atom. The fourth-order valence-corrected chi connectivity index (χ4v) is 5.74. The molecular weight excluding hydrogens is 717 g/mol. The lowest BCUT2D eigenvalue weighted by Crippen LogP contribution is -2.34. The van der Waals surface area contributed by atoms with Crippen LogP contribution in [0.4, 0.5) is 0 Å². The van der Waals surface area contributed by atoms with Gasteiger partial charge in [0.1, 0.15) is 12.1 Å². The standard InChI is InChI=1S/C44H74NO9P/c1-3-5-7-9-11-13-15-17-18-19-20-21-22-23-25-27-29-31-33-35-37-51-38-41(39-52-55(49,50)53-40-42(45)44(47)48)54-43(46)36-34-32-30-28-26-24-16-14-12-10-8-6-4-2/h5,7-8,10-11,13-14,16-18,20-21,23,25,41-42H,3-4,6,9,12,15,19,22,24,26-40,45H2,1-2H3,(H,47,48)(H,49,50)/b7-5-,10-8-,13-11-,16-14-,18-17-,21-20-,25-23-. The summed E-state index contributed by atoms with van der Waals surface area (Å²) in [6.07, 6.45) is 49.2. The molecule has 0 aromatic rings. The minimum absolute atomic E-state index is 0.0116. The molecule has 0 radical (unpaired) electrons. The molecule has 3 atom stereocenters. The molecule has 0 rings (SSSR count). The molecule has 0 aromatic heterocycles. The number of esters is 1. The lowest BCUT2D eigenvalue weighted by atomic mass is 10.1. The summed E-state index contributed by atoms with van der Waals surface area (Å²) in [5.41, 5.74) is 5.34. The lowest BCUT2D eigenvalue weighted by Gasteiger charge is -2.20. The van der Waals surface area contributed by atoms with Crippen LogP contribution in [-0.2, 0) is 32.7 Å². The first-order chi connectivity index (χ1) is 26.7. The number of hydrogen-bond donors (Lipinski definition) is 3. The van der Waals surface area contributed by atoms with Crippen LogP contribution in [-0.4, -0.2) is 60.5 Å². The molecule has 0 saturated carbocycles. The highest BCUT2D eigenvalue weighted by Crippen LogP contribution is 2.43. The Morgan fingerprint density at radius 3 is 1.58 bits per heavy atom. The summed E-state index contributed by atoms with van der Waals surface area (Å²) < 4.78 is 33.2. The Bertz CT molecular complexity index is 1190. The molecule has 0 saturated heterocycles. The quantitative estimate of drug-likeness (QED) is 0.0238. The third-order valence-corrected chi connectivity index (χ3v) is 9.09. The SMILES string of the molecule is CC/C=C\C/C=C\C/C=C\C/C=C\C/C=C\CCCCCCOCC(COP(=O)(O)OCC(N)C(=O)O)OC(=O)CCCCCCC/C=C\C/C=C\CCC. The number of carbonyl (C=O) groups is 2. The van der Waals surface area contributed by atoms with Crippen LogP contribution < -0.4 is 5.73 Å². The van der Waals surface area contributed by atoms with Crippen LogP contribution in [0.2, 0.25) is 0 Å². The Balaban J connectivity index is 4.34. The second-order valence-electron chi connectivity index (χ2n) is 13.4. The van der Waals surface area contributed by atoms with Crippen LogP contribution in [0.15, 0.2) is 85.1 Å². The molecule has 0 spiro atoms. The summed E-state index contributed by atoms with van der Waals surface area (Å²) in [7, 11) is -4.63. The maximum Gasteiger partial charge on any atom is 0.472 e. The number of aliphatic carboxylic acids is 1. The highest BCUT2D eigenvalue weighted by Gasteiger charge is 2.27. The number of phosphoric acid groups is 1. The van der Waals surface area contributed by atoms with Crippen molar-refractivity contribution in [3.8, 4) is 0 Å². The molecule has 4 N–H and O–H groups in total. The van der Waals surface area contributed by atoms with Gasteiger partial charge in [-0.25, -0.2) is 4.57 Å². The van der Waals surface area contributed by atoms with Crippen LogP contribution >= 0.6 is 7.82 Å². The second-order valence-corrected chi connectivity index (χ2v) is 14.8. The van der Waals surface area contributed by atoms with Gasteiger partial charge in [0.05, 0.1) is 19.8 Å². The zero-order valence-corrected chi connectivity index (χ0v) is 34.9. The molecule has 55 heavy (non-hydrogen) atoms. The van der Waals surface area contributed by atoms with Crippen molar-refractivity contribution in [2.75, 3.05) is 26.4 Å². The Morgan fingerprint density at radius 1 is 0.600 bits per heavy atom. The third kappa shape index (κ3) is 39.2. The monoisotopic (exact) mass is 792 g/mol. The van der Waals surface area contributed by atoms with Gasteiger partial charge in [-0.2, -0.15) is 0 Å². The summed E-state index contributed by atoms with van der Waals surface area (Å²) in [4.78, 5) is 33.5. The maximum absolute atomic E-state index is 12.6. The van der Waals surface area contributed by atoms with Crippen LogP contribution in [0.5, 0.6) is 0 Å².